The van der Waals surface area contributed by atoms with Crippen LogP contribution in [0.25, 0.3) is 0 Å². The average Bonchev–Trinajstić information content (AvgIpc) is 3.21. The summed E-state index contributed by atoms with van der Waals surface area (Å²) in [7, 11) is -4.00. The summed E-state index contributed by atoms with van der Waals surface area (Å²) in [4.78, 5) is 26.1. The van der Waals surface area contributed by atoms with Crippen LogP contribution < -0.4 is 4.74 Å². The molecule has 0 aliphatic carbocycles. The molecule has 1 amide bonds. The van der Waals surface area contributed by atoms with Crippen LogP contribution in [0.15, 0.2) is 124 Å². The number of hydrazone groups is 1. The number of carbonyl (C=O) groups is 2. The highest BCUT2D eigenvalue weighted by Gasteiger charge is 2.34. The van der Waals surface area contributed by atoms with Crippen molar-refractivity contribution in [1.29, 1.82) is 0 Å². The Morgan fingerprint density at radius 2 is 1.35 bits per heavy atom. The molecule has 0 saturated carbocycles. The minimum Gasteiger partial charge on any atom is -0.422 e. The van der Waals surface area contributed by atoms with Crippen molar-refractivity contribution < 1.29 is 22.7 Å². The first-order valence-corrected chi connectivity index (χ1v) is 12.6. The fourth-order valence-electron chi connectivity index (χ4n) is 3.68. The maximum absolute atomic E-state index is 13.5. The molecule has 8 nitrogen and oxygen atoms in total. The van der Waals surface area contributed by atoms with E-state index in [0.29, 0.717) is 11.1 Å². The smallest absolute Gasteiger partial charge is 0.343 e. The van der Waals surface area contributed by atoms with Crippen LogP contribution >= 0.6 is 0 Å². The lowest BCUT2D eigenvalue weighted by Crippen LogP contribution is -2.32. The Morgan fingerprint density at radius 1 is 0.757 bits per heavy atom. The molecule has 0 fully saturated rings. The first-order chi connectivity index (χ1) is 17.9. The Balaban J connectivity index is 1.54. The van der Waals surface area contributed by atoms with Gasteiger partial charge in [-0.2, -0.15) is 18.5 Å². The van der Waals surface area contributed by atoms with Crippen molar-refractivity contribution in [1.82, 2.24) is 5.01 Å². The minimum absolute atomic E-state index is 0.0109. The molecule has 0 atom stereocenters. The fraction of sp³-hybridized carbons (Fsp3) is 0. The molecule has 0 unspecified atom stereocenters. The van der Waals surface area contributed by atoms with Crippen LogP contribution in [0.2, 0.25) is 0 Å². The van der Waals surface area contributed by atoms with Gasteiger partial charge in [0.25, 0.3) is 15.9 Å². The molecule has 9 heteroatoms. The van der Waals surface area contributed by atoms with Crippen molar-refractivity contribution in [3.8, 4) is 5.75 Å². The molecule has 0 saturated heterocycles. The molecule has 0 bridgehead atoms. The van der Waals surface area contributed by atoms with Crippen LogP contribution in [0.4, 0.5) is 0 Å². The Bertz CT molecular complexity index is 1650. The molecule has 4 aromatic carbocycles. The zero-order chi connectivity index (χ0) is 25.8. The van der Waals surface area contributed by atoms with Crippen molar-refractivity contribution >= 4 is 33.9 Å². The van der Waals surface area contributed by atoms with E-state index >= 15 is 0 Å². The second kappa shape index (κ2) is 10.00. The number of ether oxygens (including phenoxy) is 1. The largest absolute Gasteiger partial charge is 0.422 e. The molecule has 1 aliphatic rings. The van der Waals surface area contributed by atoms with Crippen molar-refractivity contribution in [3.63, 3.8) is 0 Å². The van der Waals surface area contributed by atoms with Gasteiger partial charge in [0.1, 0.15) is 10.6 Å². The maximum atomic E-state index is 13.5. The standard InChI is InChI=1S/C28H19N3O5S/c32-27(20-11-3-1-4-12-20)31(26-23-16-8-10-18-25(23)37(34,35)30-26)29-19-22-15-7-9-17-24(22)36-28(33)21-13-5-2-6-14-21/h1-19H/b29-19-. The van der Waals surface area contributed by atoms with Gasteiger partial charge in [0.15, 0.2) is 5.84 Å². The molecule has 0 spiro atoms. The fourth-order valence-corrected chi connectivity index (χ4v) is 4.87. The van der Waals surface area contributed by atoms with E-state index < -0.39 is 21.9 Å². The third-order valence-electron chi connectivity index (χ3n) is 5.47. The third kappa shape index (κ3) is 4.93. The lowest BCUT2D eigenvalue weighted by atomic mass is 10.1. The summed E-state index contributed by atoms with van der Waals surface area (Å²) < 4.78 is 34.8. The lowest BCUT2D eigenvalue weighted by Gasteiger charge is -2.17. The van der Waals surface area contributed by atoms with Gasteiger partial charge >= 0.3 is 5.97 Å². The van der Waals surface area contributed by atoms with E-state index in [2.05, 4.69) is 9.50 Å². The van der Waals surface area contributed by atoms with Gasteiger partial charge in [-0.25, -0.2) is 4.79 Å². The summed E-state index contributed by atoms with van der Waals surface area (Å²) in [5.41, 5.74) is 1.31. The topological polar surface area (TPSA) is 105 Å². The molecule has 1 heterocycles. The van der Waals surface area contributed by atoms with Crippen molar-refractivity contribution in [2.45, 2.75) is 4.90 Å². The molecule has 0 radical (unpaired) electrons. The quantitative estimate of drug-likeness (QED) is 0.170. The summed E-state index contributed by atoms with van der Waals surface area (Å²) in [6, 6.07) is 29.7. The zero-order valence-electron chi connectivity index (χ0n) is 19.3. The first-order valence-electron chi connectivity index (χ1n) is 11.2. The van der Waals surface area contributed by atoms with Crippen LogP contribution in [-0.2, 0) is 10.0 Å². The first kappa shape index (κ1) is 23.8. The summed E-state index contributed by atoms with van der Waals surface area (Å²) in [6.45, 7) is 0. The van der Waals surface area contributed by atoms with Gasteiger partial charge in [0.05, 0.1) is 11.8 Å². The second-order valence-electron chi connectivity index (χ2n) is 7.91. The number of nitrogens with zero attached hydrogens (tertiary/aromatic N) is 3. The predicted octanol–water partition coefficient (Wildman–Crippen LogP) is 4.53. The van der Waals surface area contributed by atoms with E-state index in [1.807, 2.05) is 0 Å². The summed E-state index contributed by atoms with van der Waals surface area (Å²) >= 11 is 0. The van der Waals surface area contributed by atoms with Crippen LogP contribution in [0.3, 0.4) is 0 Å². The Labute approximate surface area is 213 Å². The monoisotopic (exact) mass is 509 g/mol. The van der Waals surface area contributed by atoms with E-state index in [-0.39, 0.29) is 27.6 Å². The van der Waals surface area contributed by atoms with E-state index in [4.69, 9.17) is 4.74 Å². The van der Waals surface area contributed by atoms with Gasteiger partial charge in [0, 0.05) is 16.7 Å². The number of fused-ring (bicyclic) bond motifs is 1. The maximum Gasteiger partial charge on any atom is 0.343 e. The number of amidine groups is 1. The van der Waals surface area contributed by atoms with Crippen LogP contribution in [0.1, 0.15) is 31.8 Å². The van der Waals surface area contributed by atoms with Crippen LogP contribution in [-0.4, -0.2) is 37.4 Å². The van der Waals surface area contributed by atoms with Crippen molar-refractivity contribution in [2.24, 2.45) is 9.50 Å². The molecular weight excluding hydrogens is 490 g/mol. The Morgan fingerprint density at radius 3 is 2.08 bits per heavy atom. The lowest BCUT2D eigenvalue weighted by molar-refractivity contribution is 0.0733. The van der Waals surface area contributed by atoms with Crippen molar-refractivity contribution in [3.05, 3.63) is 131 Å². The normalized spacial score (nSPS) is 13.6. The number of amides is 1. The zero-order valence-corrected chi connectivity index (χ0v) is 20.1. The second-order valence-corrected chi connectivity index (χ2v) is 9.48. The van der Waals surface area contributed by atoms with Gasteiger partial charge < -0.3 is 4.74 Å². The van der Waals surface area contributed by atoms with E-state index in [0.717, 1.165) is 5.01 Å². The molecule has 37 heavy (non-hydrogen) atoms. The highest BCUT2D eigenvalue weighted by Crippen LogP contribution is 2.28. The number of hydrogen-bond acceptors (Lipinski definition) is 6. The number of esters is 1. The van der Waals surface area contributed by atoms with Gasteiger partial charge in [-0.05, 0) is 48.5 Å². The van der Waals surface area contributed by atoms with Gasteiger partial charge in [0.2, 0.25) is 0 Å². The number of hydrogen-bond donors (Lipinski definition) is 0. The Kier molecular flexibility index (Phi) is 6.44. The molecule has 0 N–H and O–H groups in total. The molecule has 5 rings (SSSR count). The number of para-hydroxylation sites is 1. The average molecular weight is 510 g/mol. The van der Waals surface area contributed by atoms with E-state index in [9.17, 15) is 18.0 Å². The number of carbonyl (C=O) groups excluding carboxylic acids is 2. The van der Waals surface area contributed by atoms with E-state index in [1.54, 1.807) is 103 Å². The molecule has 4 aromatic rings. The number of benzene rings is 4. The van der Waals surface area contributed by atoms with Crippen LogP contribution in [0.5, 0.6) is 5.75 Å². The summed E-state index contributed by atoms with van der Waals surface area (Å²) in [5.74, 6) is -1.05. The van der Waals surface area contributed by atoms with Crippen molar-refractivity contribution in [2.75, 3.05) is 0 Å². The van der Waals surface area contributed by atoms with Gasteiger partial charge in [-0.3, -0.25) is 4.79 Å². The minimum atomic E-state index is -4.00. The third-order valence-corrected chi connectivity index (χ3v) is 6.79. The SMILES string of the molecule is O=C(Oc1ccccc1/C=N\N(C(=O)c1ccccc1)C1=NS(=O)(=O)c2ccccc21)c1ccccc1. The number of rotatable bonds is 5. The predicted molar refractivity (Wildman–Crippen MR) is 138 cm³/mol. The van der Waals surface area contributed by atoms with E-state index in [1.165, 1.54) is 12.3 Å². The van der Waals surface area contributed by atoms with Gasteiger partial charge in [-0.15, -0.1) is 4.40 Å². The molecule has 182 valence electrons. The highest BCUT2D eigenvalue weighted by molar-refractivity contribution is 7.90. The summed E-state index contributed by atoms with van der Waals surface area (Å²) in [6.07, 6.45) is 1.32. The summed E-state index contributed by atoms with van der Waals surface area (Å²) in [5, 5.41) is 5.27. The molecule has 1 aliphatic heterocycles. The molecular formula is C28H19N3O5S. The molecule has 0 aromatic heterocycles. The highest BCUT2D eigenvalue weighted by atomic mass is 32.2. The van der Waals surface area contributed by atoms with Crippen LogP contribution in [0, 0.1) is 0 Å². The van der Waals surface area contributed by atoms with Gasteiger partial charge in [-0.1, -0.05) is 60.7 Å². The number of sulfonamides is 1. The Hall–Kier alpha value is -4.89.